The van der Waals surface area contributed by atoms with Crippen molar-refractivity contribution < 1.29 is 28.6 Å². The lowest BCUT2D eigenvalue weighted by Gasteiger charge is -2.41. The molecule has 0 radical (unpaired) electrons. The third-order valence-corrected chi connectivity index (χ3v) is 6.75. The Labute approximate surface area is 229 Å². The highest BCUT2D eigenvalue weighted by Gasteiger charge is 2.34. The summed E-state index contributed by atoms with van der Waals surface area (Å²) in [5.74, 6) is -1.20. The second-order valence-electron chi connectivity index (χ2n) is 10.7. The molecule has 0 unspecified atom stereocenters. The number of hydrogen-bond acceptors (Lipinski definition) is 6. The molecule has 0 bridgehead atoms. The minimum atomic E-state index is -0.677. The molecule has 9 heteroatoms. The van der Waals surface area contributed by atoms with Gasteiger partial charge in [-0.2, -0.15) is 0 Å². The zero-order valence-corrected chi connectivity index (χ0v) is 23.3. The Bertz CT molecular complexity index is 1090. The fraction of sp³-hybridized carbons (Fsp3) is 0.517. The maximum atomic E-state index is 14.3. The summed E-state index contributed by atoms with van der Waals surface area (Å²) >= 11 is 6.05. The van der Waals surface area contributed by atoms with Crippen molar-refractivity contribution in [3.05, 3.63) is 58.9 Å². The van der Waals surface area contributed by atoms with Crippen molar-refractivity contribution in [2.24, 2.45) is 5.92 Å². The summed E-state index contributed by atoms with van der Waals surface area (Å²) in [5, 5.41) is 13.0. The number of esters is 1. The molecule has 7 nitrogen and oxygen atoms in total. The molecule has 1 saturated heterocycles. The third kappa shape index (κ3) is 8.68. The van der Waals surface area contributed by atoms with Crippen LogP contribution in [0.5, 0.6) is 0 Å². The molecule has 0 aliphatic carbocycles. The summed E-state index contributed by atoms with van der Waals surface area (Å²) in [6.07, 6.45) is 1.07. The van der Waals surface area contributed by atoms with Gasteiger partial charge in [-0.1, -0.05) is 35.9 Å². The normalized spacial score (nSPS) is 17.3. The number of hydrogen-bond donors (Lipinski definition) is 2. The van der Waals surface area contributed by atoms with Crippen molar-refractivity contribution in [3.8, 4) is 11.1 Å². The van der Waals surface area contributed by atoms with Crippen LogP contribution in [0, 0.1) is 11.7 Å². The fourth-order valence-electron chi connectivity index (χ4n) is 4.56. The second-order valence-corrected chi connectivity index (χ2v) is 11.1. The first kappa shape index (κ1) is 29.9. The molecule has 1 fully saturated rings. The molecule has 3 atom stereocenters. The summed E-state index contributed by atoms with van der Waals surface area (Å²) in [4.78, 5) is 27.6. The number of carbonyl (C=O) groups is 2. The number of nitrogens with one attached hydrogen (secondary N) is 1. The van der Waals surface area contributed by atoms with E-state index in [9.17, 15) is 19.1 Å². The van der Waals surface area contributed by atoms with Gasteiger partial charge in [-0.05, 0) is 76.3 Å². The molecule has 1 aliphatic rings. The molecule has 3 rings (SSSR count). The number of aliphatic hydroxyl groups excluding tert-OH is 1. The number of benzene rings is 2. The molecule has 1 amide bonds. The number of halogens is 2. The van der Waals surface area contributed by atoms with Gasteiger partial charge >= 0.3 is 12.1 Å². The Morgan fingerprint density at radius 2 is 1.92 bits per heavy atom. The number of ether oxygens (including phenoxy) is 2. The summed E-state index contributed by atoms with van der Waals surface area (Å²) in [6.45, 7) is 8.65. The van der Waals surface area contributed by atoms with Gasteiger partial charge in [0.1, 0.15) is 11.4 Å². The predicted molar refractivity (Wildman–Crippen MR) is 146 cm³/mol. The molecular weight excluding hydrogens is 511 g/mol. The average molecular weight is 549 g/mol. The van der Waals surface area contributed by atoms with Gasteiger partial charge < -0.3 is 19.9 Å². The number of alkyl carbamates (subject to hydrolysis) is 1. The van der Waals surface area contributed by atoms with Gasteiger partial charge in [-0.15, -0.1) is 0 Å². The molecule has 0 spiro atoms. The molecule has 2 aromatic rings. The maximum Gasteiger partial charge on any atom is 0.407 e. The minimum Gasteiger partial charge on any atom is -0.466 e. The van der Waals surface area contributed by atoms with Crippen LogP contribution in [0.15, 0.2) is 42.5 Å². The van der Waals surface area contributed by atoms with E-state index in [1.807, 2.05) is 24.3 Å². The van der Waals surface area contributed by atoms with E-state index in [1.165, 1.54) is 12.1 Å². The second kappa shape index (κ2) is 13.4. The standard InChI is InChI=1S/C29H38ClFN2O5/c1-5-37-27(35)21(17-33-13-12-24(33)18-34)15-23(32-28(36)38-29(2,3)4)14-19-6-8-20(9-7-19)25-16-22(30)10-11-26(25)31/h6-11,16,21,23-24,34H,5,12-15,17-18H2,1-4H3,(H,32,36)/t21-,23+,24+/m0/s1. The SMILES string of the molecule is CCOC(=O)[C@@H](C[C@@H](Cc1ccc(-c2cc(Cl)ccc2F)cc1)NC(=O)OC(C)(C)C)CN1CC[C@@H]1CO. The van der Waals surface area contributed by atoms with Gasteiger partial charge in [0, 0.05) is 35.8 Å². The largest absolute Gasteiger partial charge is 0.466 e. The summed E-state index contributed by atoms with van der Waals surface area (Å²) in [7, 11) is 0. The van der Waals surface area contributed by atoms with E-state index in [0.717, 1.165) is 18.5 Å². The van der Waals surface area contributed by atoms with Crippen LogP contribution in [-0.2, 0) is 20.7 Å². The summed E-state index contributed by atoms with van der Waals surface area (Å²) in [6, 6.07) is 11.4. The van der Waals surface area contributed by atoms with Gasteiger partial charge in [0.05, 0.1) is 19.1 Å². The Balaban J connectivity index is 1.80. The number of aliphatic hydroxyl groups is 1. The number of rotatable bonds is 11. The Morgan fingerprint density at radius 3 is 2.50 bits per heavy atom. The van der Waals surface area contributed by atoms with Gasteiger partial charge in [-0.3, -0.25) is 9.69 Å². The van der Waals surface area contributed by atoms with E-state index in [4.69, 9.17) is 21.1 Å². The van der Waals surface area contributed by atoms with Gasteiger partial charge in [-0.25, -0.2) is 9.18 Å². The molecule has 0 saturated carbocycles. The highest BCUT2D eigenvalue weighted by Crippen LogP contribution is 2.27. The maximum absolute atomic E-state index is 14.3. The van der Waals surface area contributed by atoms with Crippen LogP contribution in [-0.4, -0.2) is 66.1 Å². The number of carbonyl (C=O) groups excluding carboxylic acids is 2. The van der Waals surface area contributed by atoms with Crippen molar-refractivity contribution >= 4 is 23.7 Å². The van der Waals surface area contributed by atoms with Crippen LogP contribution < -0.4 is 5.32 Å². The lowest BCUT2D eigenvalue weighted by Crippen LogP contribution is -2.53. The van der Waals surface area contributed by atoms with E-state index >= 15 is 0 Å². The zero-order chi connectivity index (χ0) is 27.9. The van der Waals surface area contributed by atoms with Crippen LogP contribution in [0.1, 0.15) is 46.1 Å². The highest BCUT2D eigenvalue weighted by atomic mass is 35.5. The van der Waals surface area contributed by atoms with Crippen molar-refractivity contribution in [2.45, 2.75) is 64.6 Å². The van der Waals surface area contributed by atoms with E-state index in [0.29, 0.717) is 35.5 Å². The molecule has 2 N–H and O–H groups in total. The van der Waals surface area contributed by atoms with E-state index in [1.54, 1.807) is 33.8 Å². The van der Waals surface area contributed by atoms with Crippen molar-refractivity contribution in [1.29, 1.82) is 0 Å². The minimum absolute atomic E-state index is 0.0311. The number of amides is 1. The predicted octanol–water partition coefficient (Wildman–Crippen LogP) is 5.22. The summed E-state index contributed by atoms with van der Waals surface area (Å²) < 4.78 is 25.2. The van der Waals surface area contributed by atoms with Crippen LogP contribution in [0.3, 0.4) is 0 Å². The number of likely N-dealkylation sites (tertiary alicyclic amines) is 1. The first-order valence-corrected chi connectivity index (χ1v) is 13.4. The smallest absolute Gasteiger partial charge is 0.407 e. The molecule has 208 valence electrons. The molecule has 2 aromatic carbocycles. The molecule has 1 heterocycles. The van der Waals surface area contributed by atoms with Gasteiger partial charge in [0.25, 0.3) is 0 Å². The Hall–Kier alpha value is -2.68. The third-order valence-electron chi connectivity index (χ3n) is 6.52. The zero-order valence-electron chi connectivity index (χ0n) is 22.5. The Morgan fingerprint density at radius 1 is 1.21 bits per heavy atom. The van der Waals surface area contributed by atoms with Crippen LogP contribution >= 0.6 is 11.6 Å². The van der Waals surface area contributed by atoms with E-state index in [2.05, 4.69) is 10.2 Å². The van der Waals surface area contributed by atoms with E-state index < -0.39 is 23.7 Å². The first-order chi connectivity index (χ1) is 18.0. The van der Waals surface area contributed by atoms with Gasteiger partial charge in [0.15, 0.2) is 0 Å². The molecule has 38 heavy (non-hydrogen) atoms. The average Bonchev–Trinajstić information content (AvgIpc) is 2.82. The topological polar surface area (TPSA) is 88.1 Å². The highest BCUT2D eigenvalue weighted by molar-refractivity contribution is 6.30. The number of nitrogens with zero attached hydrogens (tertiary/aromatic N) is 1. The monoisotopic (exact) mass is 548 g/mol. The summed E-state index contributed by atoms with van der Waals surface area (Å²) in [5.41, 5.74) is 1.31. The Kier molecular flexibility index (Phi) is 10.5. The van der Waals surface area contributed by atoms with E-state index in [-0.39, 0.29) is 31.0 Å². The lowest BCUT2D eigenvalue weighted by atomic mass is 9.91. The fourth-order valence-corrected chi connectivity index (χ4v) is 4.74. The quantitative estimate of drug-likeness (QED) is 0.374. The van der Waals surface area contributed by atoms with Crippen molar-refractivity contribution in [1.82, 2.24) is 10.2 Å². The van der Waals surface area contributed by atoms with Gasteiger partial charge in [0.2, 0.25) is 0 Å². The molecule has 0 aromatic heterocycles. The van der Waals surface area contributed by atoms with Crippen LogP contribution in [0.2, 0.25) is 5.02 Å². The van der Waals surface area contributed by atoms with Crippen LogP contribution in [0.25, 0.3) is 11.1 Å². The molecular formula is C29H38ClFN2O5. The lowest BCUT2D eigenvalue weighted by molar-refractivity contribution is -0.150. The molecule has 1 aliphatic heterocycles. The van der Waals surface area contributed by atoms with Crippen molar-refractivity contribution in [2.75, 3.05) is 26.3 Å². The van der Waals surface area contributed by atoms with Crippen molar-refractivity contribution in [3.63, 3.8) is 0 Å². The first-order valence-electron chi connectivity index (χ1n) is 13.0. The van der Waals surface area contributed by atoms with Crippen LogP contribution in [0.4, 0.5) is 9.18 Å².